The van der Waals surface area contributed by atoms with E-state index in [9.17, 15) is 9.59 Å². The van der Waals surface area contributed by atoms with Crippen molar-refractivity contribution in [2.24, 2.45) is 0 Å². The number of rotatable bonds is 7. The molecule has 168 valence electrons. The molecule has 0 saturated carbocycles. The zero-order valence-electron chi connectivity index (χ0n) is 17.1. The number of benzene rings is 2. The number of hydrazine groups is 1. The summed E-state index contributed by atoms with van der Waals surface area (Å²) in [5.74, 6) is 0.788. The number of carbonyl (C=O) groups excluding carboxylic acids is 2. The molecule has 7 nitrogen and oxygen atoms in total. The summed E-state index contributed by atoms with van der Waals surface area (Å²) in [5.41, 5.74) is 3.55. The first-order valence-corrected chi connectivity index (χ1v) is 11.5. The Bertz CT molecular complexity index is 1090. The molecular weight excluding hydrogens is 493 g/mol. The highest BCUT2D eigenvalue weighted by Crippen LogP contribution is 2.34. The maximum absolute atomic E-state index is 12.8. The number of halogens is 2. The molecule has 1 heterocycles. The van der Waals surface area contributed by atoms with E-state index in [1.807, 2.05) is 13.8 Å². The molecule has 0 radical (unpaired) electrons. The van der Waals surface area contributed by atoms with Crippen LogP contribution in [0.1, 0.15) is 19.4 Å². The molecule has 1 fully saturated rings. The third-order valence-electron chi connectivity index (χ3n) is 4.07. The van der Waals surface area contributed by atoms with Gasteiger partial charge in [-0.25, -0.2) is 10.2 Å². The first-order chi connectivity index (χ1) is 15.3. The predicted octanol–water partition coefficient (Wildman–Crippen LogP) is 5.73. The first kappa shape index (κ1) is 24.2. The van der Waals surface area contributed by atoms with Crippen molar-refractivity contribution in [1.29, 1.82) is 0 Å². The molecule has 3 rings (SSSR count). The maximum Gasteiger partial charge on any atom is 0.338 e. The molecule has 0 spiro atoms. The quantitative estimate of drug-likeness (QED) is 0.365. The molecule has 0 unspecified atom stereocenters. The van der Waals surface area contributed by atoms with Crippen LogP contribution in [0.4, 0.5) is 10.5 Å². The Morgan fingerprint density at radius 2 is 1.88 bits per heavy atom. The van der Waals surface area contributed by atoms with Crippen LogP contribution in [0.25, 0.3) is 6.08 Å². The fraction of sp³-hybridized carbons (Fsp3) is 0.190. The lowest BCUT2D eigenvalue weighted by Gasteiger charge is -2.16. The standard InChI is InChI=1S/C21H19Cl2N3O4S2/c1-3-29-14-7-5-12(17(11-14)30-4-2)9-18-19(27)26(21(31)32-18)25-20(28)24-13-6-8-15(22)16(23)10-13/h5-11H,3-4H2,1-2H3,(H2,24,25,28)/b18-9+. The molecule has 0 aromatic heterocycles. The second-order valence-electron chi connectivity index (χ2n) is 6.28. The van der Waals surface area contributed by atoms with Crippen molar-refractivity contribution in [2.75, 3.05) is 18.5 Å². The maximum atomic E-state index is 12.8. The van der Waals surface area contributed by atoms with E-state index in [1.54, 1.807) is 36.4 Å². The zero-order valence-corrected chi connectivity index (χ0v) is 20.3. The Morgan fingerprint density at radius 3 is 2.56 bits per heavy atom. The van der Waals surface area contributed by atoms with Crippen LogP contribution in [0.5, 0.6) is 11.5 Å². The van der Waals surface area contributed by atoms with Crippen LogP contribution in [-0.4, -0.2) is 34.5 Å². The summed E-state index contributed by atoms with van der Waals surface area (Å²) in [4.78, 5) is 25.5. The van der Waals surface area contributed by atoms with Crippen LogP contribution in [0.3, 0.4) is 0 Å². The number of carbonyl (C=O) groups is 2. The monoisotopic (exact) mass is 511 g/mol. The molecule has 2 aromatic rings. The normalized spacial score (nSPS) is 14.6. The van der Waals surface area contributed by atoms with Gasteiger partial charge in [-0.2, -0.15) is 5.01 Å². The largest absolute Gasteiger partial charge is 0.494 e. The van der Waals surface area contributed by atoms with E-state index in [2.05, 4.69) is 10.7 Å². The Balaban J connectivity index is 1.74. The topological polar surface area (TPSA) is 79.9 Å². The van der Waals surface area contributed by atoms with Crippen molar-refractivity contribution in [3.8, 4) is 11.5 Å². The zero-order chi connectivity index (χ0) is 23.3. The summed E-state index contributed by atoms with van der Waals surface area (Å²) < 4.78 is 11.4. The summed E-state index contributed by atoms with van der Waals surface area (Å²) in [6, 6.07) is 9.33. The highest BCUT2D eigenvalue weighted by molar-refractivity contribution is 8.26. The van der Waals surface area contributed by atoms with Gasteiger partial charge in [0.2, 0.25) is 0 Å². The SMILES string of the molecule is CCOc1ccc(/C=C2/SC(=S)N(NC(=O)Nc3ccc(Cl)c(Cl)c3)C2=O)c(OCC)c1. The molecule has 2 N–H and O–H groups in total. The minimum Gasteiger partial charge on any atom is -0.494 e. The van der Waals surface area contributed by atoms with Gasteiger partial charge in [0.05, 0.1) is 28.2 Å². The van der Waals surface area contributed by atoms with Crippen molar-refractivity contribution >= 4 is 75.2 Å². The average molecular weight is 512 g/mol. The molecule has 0 atom stereocenters. The van der Waals surface area contributed by atoms with Crippen LogP contribution >= 0.6 is 47.2 Å². The van der Waals surface area contributed by atoms with E-state index < -0.39 is 11.9 Å². The summed E-state index contributed by atoms with van der Waals surface area (Å²) in [6.07, 6.45) is 1.67. The number of ether oxygens (including phenoxy) is 2. The van der Waals surface area contributed by atoms with Gasteiger partial charge in [-0.3, -0.25) is 4.79 Å². The van der Waals surface area contributed by atoms with E-state index in [0.29, 0.717) is 50.9 Å². The fourth-order valence-corrected chi connectivity index (χ4v) is 4.18. The Morgan fingerprint density at radius 1 is 1.12 bits per heavy atom. The van der Waals surface area contributed by atoms with Crippen LogP contribution < -0.4 is 20.2 Å². The molecule has 32 heavy (non-hydrogen) atoms. The van der Waals surface area contributed by atoms with Gasteiger partial charge in [0.25, 0.3) is 5.91 Å². The smallest absolute Gasteiger partial charge is 0.338 e. The van der Waals surface area contributed by atoms with Crippen molar-refractivity contribution in [2.45, 2.75) is 13.8 Å². The number of thiocarbonyl (C=S) groups is 1. The highest BCUT2D eigenvalue weighted by Gasteiger charge is 2.34. The number of thioether (sulfide) groups is 1. The first-order valence-electron chi connectivity index (χ1n) is 9.52. The second-order valence-corrected chi connectivity index (χ2v) is 8.77. The van der Waals surface area contributed by atoms with Crippen molar-refractivity contribution in [1.82, 2.24) is 10.4 Å². The van der Waals surface area contributed by atoms with Gasteiger partial charge in [0, 0.05) is 17.3 Å². The van der Waals surface area contributed by atoms with Gasteiger partial charge in [0.15, 0.2) is 4.32 Å². The molecule has 1 aliphatic heterocycles. The third kappa shape index (κ3) is 5.86. The van der Waals surface area contributed by atoms with Gasteiger partial charge in [-0.05, 0) is 62.5 Å². The molecule has 0 bridgehead atoms. The van der Waals surface area contributed by atoms with Crippen molar-refractivity contribution in [3.63, 3.8) is 0 Å². The number of nitrogens with zero attached hydrogens (tertiary/aromatic N) is 1. The van der Waals surface area contributed by atoms with Crippen LogP contribution in [0, 0.1) is 0 Å². The third-order valence-corrected chi connectivity index (χ3v) is 6.11. The van der Waals surface area contributed by atoms with Gasteiger partial charge < -0.3 is 14.8 Å². The summed E-state index contributed by atoms with van der Waals surface area (Å²) in [6.45, 7) is 4.74. The number of urea groups is 1. The minimum atomic E-state index is -0.656. The Hall–Kier alpha value is -2.46. The van der Waals surface area contributed by atoms with E-state index in [1.165, 1.54) is 6.07 Å². The molecule has 0 aliphatic carbocycles. The summed E-state index contributed by atoms with van der Waals surface area (Å²) >= 11 is 18.2. The predicted molar refractivity (Wildman–Crippen MR) is 132 cm³/mol. The lowest BCUT2D eigenvalue weighted by Crippen LogP contribution is -2.46. The van der Waals surface area contributed by atoms with E-state index in [-0.39, 0.29) is 4.32 Å². The lowest BCUT2D eigenvalue weighted by atomic mass is 10.1. The number of anilines is 1. The van der Waals surface area contributed by atoms with Gasteiger partial charge in [0.1, 0.15) is 11.5 Å². The summed E-state index contributed by atoms with van der Waals surface area (Å²) in [7, 11) is 0. The molecule has 3 amide bonds. The number of nitrogens with one attached hydrogen (secondary N) is 2. The van der Waals surface area contributed by atoms with E-state index in [4.69, 9.17) is 44.9 Å². The fourth-order valence-electron chi connectivity index (χ4n) is 2.71. The molecule has 1 aliphatic rings. The number of hydrogen-bond donors (Lipinski definition) is 2. The van der Waals surface area contributed by atoms with E-state index in [0.717, 1.165) is 16.8 Å². The number of hydrogen-bond acceptors (Lipinski definition) is 6. The van der Waals surface area contributed by atoms with Crippen LogP contribution in [0.15, 0.2) is 41.3 Å². The number of amides is 3. The minimum absolute atomic E-state index is 0.189. The van der Waals surface area contributed by atoms with Crippen molar-refractivity contribution < 1.29 is 19.1 Å². The molecule has 1 saturated heterocycles. The summed E-state index contributed by atoms with van der Waals surface area (Å²) in [5, 5.41) is 4.24. The second kappa shape index (κ2) is 10.9. The molecule has 2 aromatic carbocycles. The van der Waals surface area contributed by atoms with Crippen molar-refractivity contribution in [3.05, 3.63) is 56.9 Å². The van der Waals surface area contributed by atoms with Crippen LogP contribution in [-0.2, 0) is 4.79 Å². The van der Waals surface area contributed by atoms with Gasteiger partial charge in [-0.15, -0.1) is 0 Å². The molecular formula is C21H19Cl2N3O4S2. The van der Waals surface area contributed by atoms with Gasteiger partial charge in [-0.1, -0.05) is 35.0 Å². The average Bonchev–Trinajstić information content (AvgIpc) is 3.00. The highest BCUT2D eigenvalue weighted by atomic mass is 35.5. The lowest BCUT2D eigenvalue weighted by molar-refractivity contribution is -0.123. The van der Waals surface area contributed by atoms with Gasteiger partial charge >= 0.3 is 6.03 Å². The van der Waals surface area contributed by atoms with Crippen LogP contribution in [0.2, 0.25) is 10.0 Å². The van der Waals surface area contributed by atoms with E-state index >= 15 is 0 Å². The Labute approximate surface area is 205 Å². The Kier molecular flexibility index (Phi) is 8.25. The molecule has 11 heteroatoms.